The van der Waals surface area contributed by atoms with E-state index >= 15 is 0 Å². The van der Waals surface area contributed by atoms with E-state index in [2.05, 4.69) is 15.4 Å². The molecule has 0 aliphatic carbocycles. The van der Waals surface area contributed by atoms with E-state index in [-0.39, 0.29) is 24.4 Å². The van der Waals surface area contributed by atoms with Gasteiger partial charge in [-0.2, -0.15) is 8.78 Å². The number of ether oxygens (including phenoxy) is 2. The van der Waals surface area contributed by atoms with Crippen LogP contribution in [0, 0.1) is 5.41 Å². The van der Waals surface area contributed by atoms with Crippen LogP contribution in [0.2, 0.25) is 0 Å². The second-order valence-corrected chi connectivity index (χ2v) is 11.4. The lowest BCUT2D eigenvalue weighted by Crippen LogP contribution is -2.49. The predicted octanol–water partition coefficient (Wildman–Crippen LogP) is 4.67. The number of nitrogens with one attached hydrogen (secondary N) is 3. The lowest BCUT2D eigenvalue weighted by atomic mass is 10.0. The maximum Gasteiger partial charge on any atom is 0.345 e. The maximum absolute atomic E-state index is 13.7. The number of thiophene rings is 1. The van der Waals surface area contributed by atoms with E-state index in [1.165, 1.54) is 11.3 Å². The monoisotopic (exact) mass is 647 g/mol. The van der Waals surface area contributed by atoms with Crippen LogP contribution < -0.4 is 21.1 Å². The van der Waals surface area contributed by atoms with Gasteiger partial charge in [-0.05, 0) is 48.0 Å². The van der Waals surface area contributed by atoms with Crippen LogP contribution in [0.1, 0.15) is 38.8 Å². The van der Waals surface area contributed by atoms with Gasteiger partial charge in [0.25, 0.3) is 5.91 Å². The van der Waals surface area contributed by atoms with E-state index < -0.39 is 49.1 Å². The molecular formula is C33H31F2N5O5S. The topological polar surface area (TPSA) is 147 Å². The third kappa shape index (κ3) is 8.11. The van der Waals surface area contributed by atoms with Gasteiger partial charge in [0, 0.05) is 34.3 Å². The van der Waals surface area contributed by atoms with Gasteiger partial charge in [0.2, 0.25) is 11.8 Å². The number of carbonyl (C=O) groups is 3. The minimum absolute atomic E-state index is 0.126. The fourth-order valence-electron chi connectivity index (χ4n) is 5.07. The van der Waals surface area contributed by atoms with E-state index in [0.29, 0.717) is 21.9 Å². The first kappa shape index (κ1) is 32.3. The first-order chi connectivity index (χ1) is 22.2. The quantitative estimate of drug-likeness (QED) is 0.130. The molecular weight excluding hydrogens is 616 g/mol. The molecule has 0 spiro atoms. The summed E-state index contributed by atoms with van der Waals surface area (Å²) in [7, 11) is 0. The van der Waals surface area contributed by atoms with Crippen LogP contribution in [0.15, 0.2) is 96.4 Å². The Morgan fingerprint density at radius 3 is 2.24 bits per heavy atom. The summed E-state index contributed by atoms with van der Waals surface area (Å²) in [5.74, 6) is -0.731. The number of para-hydroxylation sites is 1. The highest BCUT2D eigenvalue weighted by Gasteiger charge is 2.42. The molecule has 0 radical (unpaired) electrons. The number of nitrogens with two attached hydrogens (primary N) is 1. The van der Waals surface area contributed by atoms with Crippen LogP contribution in [0.5, 0.6) is 11.5 Å². The molecule has 2 heterocycles. The van der Waals surface area contributed by atoms with Crippen molar-refractivity contribution in [1.82, 2.24) is 15.5 Å². The Morgan fingerprint density at radius 2 is 1.61 bits per heavy atom. The minimum atomic E-state index is -3.09. The Hall–Kier alpha value is -5.14. The van der Waals surface area contributed by atoms with E-state index in [4.69, 9.17) is 15.9 Å². The van der Waals surface area contributed by atoms with Crippen molar-refractivity contribution >= 4 is 34.9 Å². The zero-order valence-corrected chi connectivity index (χ0v) is 25.2. The molecule has 13 heteroatoms. The number of amidine groups is 1. The molecule has 3 atom stereocenters. The largest absolute Gasteiger partial charge is 0.457 e. The molecule has 5 rings (SSSR count). The molecule has 0 saturated carbocycles. The van der Waals surface area contributed by atoms with E-state index in [9.17, 15) is 23.2 Å². The van der Waals surface area contributed by atoms with Gasteiger partial charge in [-0.3, -0.25) is 19.8 Å². The van der Waals surface area contributed by atoms with Gasteiger partial charge in [0.15, 0.2) is 0 Å². The Morgan fingerprint density at radius 1 is 0.957 bits per heavy atom. The van der Waals surface area contributed by atoms with Gasteiger partial charge < -0.3 is 30.7 Å². The number of nitrogens with zero attached hydrogens (tertiary/aromatic N) is 1. The van der Waals surface area contributed by atoms with Crippen molar-refractivity contribution in [2.24, 2.45) is 5.73 Å². The molecule has 1 fully saturated rings. The molecule has 0 bridgehead atoms. The molecule has 1 saturated heterocycles. The number of nitrogen functional groups attached to an aromatic ring is 1. The normalized spacial score (nSPS) is 16.5. The van der Waals surface area contributed by atoms with Gasteiger partial charge in [-0.1, -0.05) is 48.5 Å². The van der Waals surface area contributed by atoms with Crippen molar-refractivity contribution in [2.75, 3.05) is 13.1 Å². The SMILES string of the molecule is N=C(N)c1csc([C@H](NC(=O)[C@@H]2C[C@@H](OC(F)F)CN2C(=O)CNC(=O)c2ccc(Oc3ccccc3)cc2)c2ccccc2)c1. The van der Waals surface area contributed by atoms with Gasteiger partial charge in [0.1, 0.15) is 23.4 Å². The number of hydrogen-bond acceptors (Lipinski definition) is 7. The predicted molar refractivity (Wildman–Crippen MR) is 168 cm³/mol. The standard InChI is InChI=1S/C33H31F2N5O5S/c34-33(35)45-25-16-26(32(43)39-29(20-7-3-1-4-8-20)27-15-22(19-46-27)30(36)37)40(18-25)28(41)17-38-31(42)21-11-13-24(14-12-21)44-23-9-5-2-6-10-23/h1-15,19,25-26,29,33H,16-18H2,(H3,36,37)(H,38,42)(H,39,43)/t25-,26+,29-/m1/s1. The summed E-state index contributed by atoms with van der Waals surface area (Å²) in [6.07, 6.45) is -1.25. The lowest BCUT2D eigenvalue weighted by molar-refractivity contribution is -0.160. The number of benzene rings is 3. The molecule has 1 aliphatic heterocycles. The van der Waals surface area contributed by atoms with Crippen LogP contribution in [0.25, 0.3) is 0 Å². The molecule has 46 heavy (non-hydrogen) atoms. The van der Waals surface area contributed by atoms with E-state index in [1.807, 2.05) is 36.4 Å². The van der Waals surface area contributed by atoms with Crippen LogP contribution in [0.3, 0.4) is 0 Å². The Labute approximate surface area is 267 Å². The molecule has 4 aromatic rings. The fraction of sp³-hybridized carbons (Fsp3) is 0.212. The highest BCUT2D eigenvalue weighted by atomic mass is 32.1. The third-order valence-corrected chi connectivity index (χ3v) is 8.31. The first-order valence-corrected chi connectivity index (χ1v) is 15.2. The van der Waals surface area contributed by atoms with Gasteiger partial charge in [-0.15, -0.1) is 11.3 Å². The Balaban J connectivity index is 1.27. The van der Waals surface area contributed by atoms with Gasteiger partial charge in [0.05, 0.1) is 18.7 Å². The summed E-state index contributed by atoms with van der Waals surface area (Å²) in [5, 5.41) is 14.9. The summed E-state index contributed by atoms with van der Waals surface area (Å²) in [6, 6.07) is 24.4. The highest BCUT2D eigenvalue weighted by molar-refractivity contribution is 7.10. The zero-order valence-electron chi connectivity index (χ0n) is 24.4. The van der Waals surface area contributed by atoms with Gasteiger partial charge >= 0.3 is 6.61 Å². The van der Waals surface area contributed by atoms with Crippen molar-refractivity contribution in [3.63, 3.8) is 0 Å². The number of likely N-dealkylation sites (tertiary alicyclic amines) is 1. The van der Waals surface area contributed by atoms with Crippen LogP contribution in [0.4, 0.5) is 8.78 Å². The van der Waals surface area contributed by atoms with Crippen molar-refractivity contribution in [3.05, 3.63) is 118 Å². The third-order valence-electron chi connectivity index (χ3n) is 7.31. The van der Waals surface area contributed by atoms with E-state index in [1.54, 1.807) is 60.0 Å². The van der Waals surface area contributed by atoms with Crippen LogP contribution >= 0.6 is 11.3 Å². The van der Waals surface area contributed by atoms with Crippen LogP contribution in [-0.4, -0.2) is 60.3 Å². The maximum atomic E-state index is 13.7. The second-order valence-electron chi connectivity index (χ2n) is 10.4. The number of halogens is 2. The fourth-order valence-corrected chi connectivity index (χ4v) is 6.06. The summed E-state index contributed by atoms with van der Waals surface area (Å²) < 4.78 is 36.7. The van der Waals surface area contributed by atoms with Crippen molar-refractivity contribution < 1.29 is 32.6 Å². The zero-order chi connectivity index (χ0) is 32.6. The first-order valence-electron chi connectivity index (χ1n) is 14.3. The van der Waals surface area contributed by atoms with Crippen molar-refractivity contribution in [2.45, 2.75) is 31.2 Å². The lowest BCUT2D eigenvalue weighted by Gasteiger charge is -2.26. The van der Waals surface area contributed by atoms with Crippen LogP contribution in [-0.2, 0) is 14.3 Å². The van der Waals surface area contributed by atoms with E-state index in [0.717, 1.165) is 10.5 Å². The number of hydrogen-bond donors (Lipinski definition) is 4. The summed E-state index contributed by atoms with van der Waals surface area (Å²) in [4.78, 5) is 41.7. The summed E-state index contributed by atoms with van der Waals surface area (Å²) in [6.45, 7) is -3.82. The van der Waals surface area contributed by atoms with Crippen molar-refractivity contribution in [1.29, 1.82) is 5.41 Å². The highest BCUT2D eigenvalue weighted by Crippen LogP contribution is 2.30. The van der Waals surface area contributed by atoms with Crippen molar-refractivity contribution in [3.8, 4) is 11.5 Å². The average molecular weight is 648 g/mol. The summed E-state index contributed by atoms with van der Waals surface area (Å²) >= 11 is 1.30. The average Bonchev–Trinajstić information content (AvgIpc) is 3.72. The molecule has 10 nitrogen and oxygen atoms in total. The molecule has 3 aromatic carbocycles. The molecule has 1 aliphatic rings. The number of alkyl halides is 2. The summed E-state index contributed by atoms with van der Waals surface area (Å²) in [5.41, 5.74) is 7.14. The second kappa shape index (κ2) is 14.8. The molecule has 3 amide bonds. The number of carbonyl (C=O) groups excluding carboxylic acids is 3. The Bertz CT molecular complexity index is 1670. The smallest absolute Gasteiger partial charge is 0.345 e. The molecule has 238 valence electrons. The Kier molecular flexibility index (Phi) is 10.4. The minimum Gasteiger partial charge on any atom is -0.457 e. The molecule has 5 N–H and O–H groups in total. The molecule has 1 aromatic heterocycles. The molecule has 0 unspecified atom stereocenters. The van der Waals surface area contributed by atoms with Gasteiger partial charge in [-0.25, -0.2) is 0 Å². The number of amides is 3. The number of rotatable bonds is 12.